The second kappa shape index (κ2) is 6.02. The van der Waals surface area contributed by atoms with E-state index in [4.69, 9.17) is 9.47 Å². The summed E-state index contributed by atoms with van der Waals surface area (Å²) in [4.78, 5) is 0. The van der Waals surface area contributed by atoms with Crippen molar-refractivity contribution < 1.29 is 9.47 Å². The van der Waals surface area contributed by atoms with Gasteiger partial charge in [0, 0.05) is 7.11 Å². The van der Waals surface area contributed by atoms with E-state index in [-0.39, 0.29) is 0 Å². The van der Waals surface area contributed by atoms with Crippen molar-refractivity contribution in [3.8, 4) is 0 Å². The molecule has 2 nitrogen and oxygen atoms in total. The highest BCUT2D eigenvalue weighted by Crippen LogP contribution is 2.30. The van der Waals surface area contributed by atoms with Crippen LogP contribution >= 0.6 is 0 Å². The molecule has 0 aromatic heterocycles. The number of ether oxygens (including phenoxy) is 2. The van der Waals surface area contributed by atoms with Gasteiger partial charge in [-0.3, -0.25) is 0 Å². The number of rotatable bonds is 3. The van der Waals surface area contributed by atoms with E-state index >= 15 is 0 Å². The molecule has 0 spiro atoms. The fourth-order valence-corrected chi connectivity index (χ4v) is 3.18. The maximum atomic E-state index is 6.24. The van der Waals surface area contributed by atoms with Gasteiger partial charge in [0.05, 0.1) is 18.3 Å². The van der Waals surface area contributed by atoms with Crippen LogP contribution in [-0.4, -0.2) is 25.4 Å². The third-order valence-electron chi connectivity index (χ3n) is 4.23. The third kappa shape index (κ3) is 3.46. The summed E-state index contributed by atoms with van der Waals surface area (Å²) < 4.78 is 11.6. The quantitative estimate of drug-likeness (QED) is 0.733. The molecule has 0 amide bonds. The molecule has 2 saturated carbocycles. The highest BCUT2D eigenvalue weighted by molar-refractivity contribution is 4.77. The summed E-state index contributed by atoms with van der Waals surface area (Å²) in [6, 6.07) is 0. The molecule has 0 heterocycles. The van der Waals surface area contributed by atoms with Gasteiger partial charge in [-0.05, 0) is 44.4 Å². The third-order valence-corrected chi connectivity index (χ3v) is 4.23. The lowest BCUT2D eigenvalue weighted by Crippen LogP contribution is -2.31. The molecule has 0 N–H and O–H groups in total. The van der Waals surface area contributed by atoms with E-state index in [2.05, 4.69) is 6.92 Å². The van der Waals surface area contributed by atoms with Crippen molar-refractivity contribution in [3.63, 3.8) is 0 Å². The van der Waals surface area contributed by atoms with E-state index in [0.29, 0.717) is 18.3 Å². The maximum Gasteiger partial charge on any atom is 0.0581 e. The Morgan fingerprint density at radius 2 is 1.50 bits per heavy atom. The van der Waals surface area contributed by atoms with Crippen LogP contribution in [0.15, 0.2) is 0 Å². The van der Waals surface area contributed by atoms with E-state index in [1.165, 1.54) is 51.4 Å². The van der Waals surface area contributed by atoms with E-state index in [1.807, 2.05) is 7.11 Å². The van der Waals surface area contributed by atoms with Crippen LogP contribution < -0.4 is 0 Å². The Bertz CT molecular complexity index is 197. The van der Waals surface area contributed by atoms with Crippen molar-refractivity contribution in [2.24, 2.45) is 5.92 Å². The van der Waals surface area contributed by atoms with Gasteiger partial charge in [-0.2, -0.15) is 0 Å². The first-order chi connectivity index (χ1) is 7.78. The molecule has 2 rings (SSSR count). The maximum absolute atomic E-state index is 6.24. The SMILES string of the molecule is COC1CCC(OC2CCCC(C)C2)CC1. The first kappa shape index (κ1) is 12.4. The molecule has 2 fully saturated rings. The largest absolute Gasteiger partial charge is 0.381 e. The lowest BCUT2D eigenvalue weighted by molar-refractivity contribution is -0.0711. The standard InChI is InChI=1S/C14H26O2/c1-11-4-3-5-14(10-11)16-13-8-6-12(15-2)7-9-13/h11-14H,3-10H2,1-2H3. The molecule has 94 valence electrons. The molecule has 0 radical (unpaired) electrons. The Labute approximate surface area is 99.7 Å². The molecule has 0 bridgehead atoms. The molecule has 0 aromatic carbocycles. The van der Waals surface area contributed by atoms with Gasteiger partial charge in [0.1, 0.15) is 0 Å². The average molecular weight is 226 g/mol. The van der Waals surface area contributed by atoms with Gasteiger partial charge in [0.25, 0.3) is 0 Å². The molecule has 2 atom stereocenters. The van der Waals surface area contributed by atoms with Crippen LogP contribution in [0.4, 0.5) is 0 Å². The van der Waals surface area contributed by atoms with Crippen molar-refractivity contribution in [2.75, 3.05) is 7.11 Å². The zero-order valence-corrected chi connectivity index (χ0v) is 10.8. The van der Waals surface area contributed by atoms with Gasteiger partial charge in [-0.15, -0.1) is 0 Å². The molecule has 2 aliphatic rings. The van der Waals surface area contributed by atoms with Gasteiger partial charge >= 0.3 is 0 Å². The summed E-state index contributed by atoms with van der Waals surface area (Å²) in [6.07, 6.45) is 11.6. The first-order valence-corrected chi connectivity index (χ1v) is 6.96. The Balaban J connectivity index is 1.69. The second-order valence-electron chi connectivity index (χ2n) is 5.66. The summed E-state index contributed by atoms with van der Waals surface area (Å²) in [5.41, 5.74) is 0. The lowest BCUT2D eigenvalue weighted by Gasteiger charge is -2.34. The molecule has 0 aromatic rings. The minimum Gasteiger partial charge on any atom is -0.381 e. The molecule has 0 aliphatic heterocycles. The normalized spacial score (nSPS) is 40.9. The summed E-state index contributed by atoms with van der Waals surface area (Å²) >= 11 is 0. The summed E-state index contributed by atoms with van der Waals surface area (Å²) in [5, 5.41) is 0. The van der Waals surface area contributed by atoms with Crippen molar-refractivity contribution >= 4 is 0 Å². The van der Waals surface area contributed by atoms with Crippen LogP contribution in [0.3, 0.4) is 0 Å². The lowest BCUT2D eigenvalue weighted by atomic mass is 9.88. The second-order valence-corrected chi connectivity index (χ2v) is 5.66. The average Bonchev–Trinajstić information content (AvgIpc) is 2.30. The number of hydrogen-bond donors (Lipinski definition) is 0. The molecule has 2 unspecified atom stereocenters. The predicted octanol–water partition coefficient (Wildman–Crippen LogP) is 3.54. The van der Waals surface area contributed by atoms with Crippen LogP contribution in [0.1, 0.15) is 58.3 Å². The Morgan fingerprint density at radius 1 is 0.812 bits per heavy atom. The summed E-state index contributed by atoms with van der Waals surface area (Å²) in [5.74, 6) is 0.870. The topological polar surface area (TPSA) is 18.5 Å². The van der Waals surface area contributed by atoms with Crippen molar-refractivity contribution in [1.82, 2.24) is 0 Å². The van der Waals surface area contributed by atoms with Gasteiger partial charge in [0.15, 0.2) is 0 Å². The summed E-state index contributed by atoms with van der Waals surface area (Å²) in [7, 11) is 1.83. The van der Waals surface area contributed by atoms with Crippen LogP contribution in [0.25, 0.3) is 0 Å². The molecule has 16 heavy (non-hydrogen) atoms. The van der Waals surface area contributed by atoms with Crippen LogP contribution in [0.2, 0.25) is 0 Å². The molecule has 2 aliphatic carbocycles. The van der Waals surface area contributed by atoms with E-state index in [9.17, 15) is 0 Å². The van der Waals surface area contributed by atoms with Crippen molar-refractivity contribution in [3.05, 3.63) is 0 Å². The fraction of sp³-hybridized carbons (Fsp3) is 1.00. The van der Waals surface area contributed by atoms with E-state index < -0.39 is 0 Å². The minimum atomic E-state index is 0.491. The van der Waals surface area contributed by atoms with Gasteiger partial charge in [-0.1, -0.05) is 19.8 Å². The first-order valence-electron chi connectivity index (χ1n) is 6.96. The Hall–Kier alpha value is -0.0800. The summed E-state index contributed by atoms with van der Waals surface area (Å²) in [6.45, 7) is 2.36. The number of methoxy groups -OCH3 is 1. The highest BCUT2D eigenvalue weighted by Gasteiger charge is 2.26. The fourth-order valence-electron chi connectivity index (χ4n) is 3.18. The van der Waals surface area contributed by atoms with Crippen LogP contribution in [0.5, 0.6) is 0 Å². The molecule has 0 saturated heterocycles. The Kier molecular flexibility index (Phi) is 4.66. The van der Waals surface area contributed by atoms with Crippen molar-refractivity contribution in [2.45, 2.75) is 76.6 Å². The zero-order valence-electron chi connectivity index (χ0n) is 10.8. The van der Waals surface area contributed by atoms with E-state index in [0.717, 1.165) is 5.92 Å². The minimum absolute atomic E-state index is 0.491. The highest BCUT2D eigenvalue weighted by atomic mass is 16.5. The molecule has 2 heteroatoms. The van der Waals surface area contributed by atoms with Crippen LogP contribution in [-0.2, 0) is 9.47 Å². The van der Waals surface area contributed by atoms with Gasteiger partial charge in [0.2, 0.25) is 0 Å². The van der Waals surface area contributed by atoms with Gasteiger partial charge < -0.3 is 9.47 Å². The molecular formula is C14H26O2. The monoisotopic (exact) mass is 226 g/mol. The smallest absolute Gasteiger partial charge is 0.0581 e. The molecular weight excluding hydrogens is 200 g/mol. The predicted molar refractivity (Wildman–Crippen MR) is 65.6 cm³/mol. The van der Waals surface area contributed by atoms with Crippen molar-refractivity contribution in [1.29, 1.82) is 0 Å². The van der Waals surface area contributed by atoms with E-state index in [1.54, 1.807) is 0 Å². The van der Waals surface area contributed by atoms with Crippen LogP contribution in [0, 0.1) is 5.92 Å². The van der Waals surface area contributed by atoms with Gasteiger partial charge in [-0.25, -0.2) is 0 Å². The Morgan fingerprint density at radius 3 is 2.12 bits per heavy atom. The zero-order chi connectivity index (χ0) is 11.4. The number of hydrogen-bond acceptors (Lipinski definition) is 2.